The first-order chi connectivity index (χ1) is 5.77. The van der Waals surface area contributed by atoms with Gasteiger partial charge in [-0.05, 0) is 17.5 Å². The smallest absolute Gasteiger partial charge is 0.0478 e. The van der Waals surface area contributed by atoms with Crippen molar-refractivity contribution in [2.75, 3.05) is 0 Å². The molecule has 0 unspecified atom stereocenters. The van der Waals surface area contributed by atoms with Gasteiger partial charge in [0, 0.05) is 6.04 Å². The van der Waals surface area contributed by atoms with E-state index < -0.39 is 0 Å². The van der Waals surface area contributed by atoms with Crippen LogP contribution in [-0.4, -0.2) is 0 Å². The lowest BCUT2D eigenvalue weighted by atomic mass is 10.0. The molecule has 2 heteroatoms. The normalized spacial score (nSPS) is 11.5. The highest BCUT2D eigenvalue weighted by atomic mass is 35.5. The van der Waals surface area contributed by atoms with E-state index in [0.717, 1.165) is 12.0 Å². The largest absolute Gasteiger partial charge is 0.321 e. The van der Waals surface area contributed by atoms with E-state index in [2.05, 4.69) is 37.8 Å². The third-order valence-corrected chi connectivity index (χ3v) is 2.03. The maximum atomic E-state index is 5.77. The summed E-state index contributed by atoms with van der Waals surface area (Å²) >= 11 is 0. The Hall–Kier alpha value is -0.790. The average molecular weight is 198 g/mol. The van der Waals surface area contributed by atoms with E-state index in [1.54, 1.807) is 6.08 Å². The molecule has 1 aromatic rings. The molecule has 0 fully saturated rings. The minimum absolute atomic E-state index is 0. The van der Waals surface area contributed by atoms with Crippen LogP contribution in [0.5, 0.6) is 0 Å². The Morgan fingerprint density at radius 1 is 1.38 bits per heavy atom. The molecule has 0 bridgehead atoms. The molecule has 2 N–H and O–H groups in total. The second-order valence-corrected chi connectivity index (χ2v) is 2.86. The van der Waals surface area contributed by atoms with Crippen molar-refractivity contribution in [3.8, 4) is 0 Å². The number of hydrogen-bond acceptors (Lipinski definition) is 1. The highest BCUT2D eigenvalue weighted by Gasteiger charge is 1.99. The lowest BCUT2D eigenvalue weighted by Gasteiger charge is -2.06. The van der Waals surface area contributed by atoms with Gasteiger partial charge in [0.15, 0.2) is 0 Å². The summed E-state index contributed by atoms with van der Waals surface area (Å²) in [6.07, 6.45) is 2.82. The standard InChI is InChI=1S/C11H15N.ClH/c1-3-9-5-7-10(8-6-9)11(12)4-2;/h4-8,11H,2-3,12H2,1H3;1H/t11-;/m0./s1. The number of aryl methyl sites for hydroxylation is 1. The van der Waals surface area contributed by atoms with Gasteiger partial charge in [-0.3, -0.25) is 0 Å². The van der Waals surface area contributed by atoms with E-state index in [1.165, 1.54) is 5.56 Å². The Labute approximate surface area is 86.1 Å². The van der Waals surface area contributed by atoms with E-state index in [9.17, 15) is 0 Å². The molecule has 0 aliphatic rings. The second-order valence-electron chi connectivity index (χ2n) is 2.86. The fourth-order valence-electron chi connectivity index (χ4n) is 1.11. The lowest BCUT2D eigenvalue weighted by molar-refractivity contribution is 0.912. The number of halogens is 1. The van der Waals surface area contributed by atoms with Gasteiger partial charge in [-0.15, -0.1) is 19.0 Å². The minimum Gasteiger partial charge on any atom is -0.321 e. The van der Waals surface area contributed by atoms with E-state index in [-0.39, 0.29) is 18.4 Å². The molecule has 0 saturated heterocycles. The van der Waals surface area contributed by atoms with Crippen molar-refractivity contribution in [3.05, 3.63) is 48.0 Å². The Morgan fingerprint density at radius 2 is 1.92 bits per heavy atom. The van der Waals surface area contributed by atoms with E-state index in [0.29, 0.717) is 0 Å². The van der Waals surface area contributed by atoms with Crippen molar-refractivity contribution in [1.29, 1.82) is 0 Å². The first-order valence-electron chi connectivity index (χ1n) is 4.25. The van der Waals surface area contributed by atoms with Crippen molar-refractivity contribution >= 4 is 12.4 Å². The summed E-state index contributed by atoms with van der Waals surface area (Å²) in [5.74, 6) is 0. The topological polar surface area (TPSA) is 26.0 Å². The molecule has 0 aliphatic heterocycles. The van der Waals surface area contributed by atoms with Crippen molar-refractivity contribution in [2.45, 2.75) is 19.4 Å². The quantitative estimate of drug-likeness (QED) is 0.741. The van der Waals surface area contributed by atoms with Crippen LogP contribution in [0.15, 0.2) is 36.9 Å². The van der Waals surface area contributed by atoms with Gasteiger partial charge in [-0.1, -0.05) is 37.3 Å². The molecule has 1 aromatic carbocycles. The first-order valence-corrected chi connectivity index (χ1v) is 4.25. The van der Waals surface area contributed by atoms with E-state index >= 15 is 0 Å². The molecule has 13 heavy (non-hydrogen) atoms. The summed E-state index contributed by atoms with van der Waals surface area (Å²) in [4.78, 5) is 0. The van der Waals surface area contributed by atoms with Gasteiger partial charge in [-0.2, -0.15) is 0 Å². The van der Waals surface area contributed by atoms with Crippen molar-refractivity contribution < 1.29 is 0 Å². The molecule has 0 aromatic heterocycles. The zero-order valence-electron chi connectivity index (χ0n) is 7.86. The fourth-order valence-corrected chi connectivity index (χ4v) is 1.11. The minimum atomic E-state index is -0.0316. The first kappa shape index (κ1) is 12.2. The SMILES string of the molecule is C=C[C@H](N)c1ccc(CC)cc1.Cl. The molecule has 0 amide bonds. The summed E-state index contributed by atoms with van der Waals surface area (Å²) in [7, 11) is 0. The zero-order valence-corrected chi connectivity index (χ0v) is 8.68. The third kappa shape index (κ3) is 3.21. The summed E-state index contributed by atoms with van der Waals surface area (Å²) < 4.78 is 0. The molecular formula is C11H16ClN. The van der Waals surface area contributed by atoms with Crippen LogP contribution < -0.4 is 5.73 Å². The molecule has 1 atom stereocenters. The Kier molecular flexibility index (Phi) is 5.44. The molecule has 1 nitrogen and oxygen atoms in total. The number of rotatable bonds is 3. The van der Waals surface area contributed by atoms with Gasteiger partial charge in [0.2, 0.25) is 0 Å². The van der Waals surface area contributed by atoms with Gasteiger partial charge in [0.05, 0.1) is 0 Å². The molecule has 1 rings (SSSR count). The van der Waals surface area contributed by atoms with Crippen molar-refractivity contribution in [3.63, 3.8) is 0 Å². The molecule has 72 valence electrons. The maximum absolute atomic E-state index is 5.77. The molecule has 0 heterocycles. The van der Waals surface area contributed by atoms with Crippen LogP contribution in [0.3, 0.4) is 0 Å². The summed E-state index contributed by atoms with van der Waals surface area (Å²) in [6.45, 7) is 5.80. The number of benzene rings is 1. The predicted octanol–water partition coefficient (Wildman–Crippen LogP) is 2.86. The zero-order chi connectivity index (χ0) is 8.97. The van der Waals surface area contributed by atoms with Crippen LogP contribution in [-0.2, 0) is 6.42 Å². The predicted molar refractivity (Wildman–Crippen MR) is 60.2 cm³/mol. The molecule has 0 aliphatic carbocycles. The number of hydrogen-bond donors (Lipinski definition) is 1. The lowest BCUT2D eigenvalue weighted by Crippen LogP contribution is -2.05. The molecule has 0 spiro atoms. The van der Waals surface area contributed by atoms with E-state index in [1.807, 2.05) is 0 Å². The average Bonchev–Trinajstić information content (AvgIpc) is 2.17. The van der Waals surface area contributed by atoms with Crippen LogP contribution in [0.4, 0.5) is 0 Å². The summed E-state index contributed by atoms with van der Waals surface area (Å²) in [5, 5.41) is 0. The second kappa shape index (κ2) is 5.79. The highest BCUT2D eigenvalue weighted by Crippen LogP contribution is 2.12. The van der Waals surface area contributed by atoms with Crippen LogP contribution in [0.2, 0.25) is 0 Å². The Balaban J connectivity index is 0.00000144. The van der Waals surface area contributed by atoms with Crippen molar-refractivity contribution in [1.82, 2.24) is 0 Å². The van der Waals surface area contributed by atoms with Crippen molar-refractivity contribution in [2.24, 2.45) is 5.73 Å². The maximum Gasteiger partial charge on any atom is 0.0478 e. The summed E-state index contributed by atoms with van der Waals surface area (Å²) in [6, 6.07) is 8.31. The van der Waals surface area contributed by atoms with Crippen LogP contribution in [0.25, 0.3) is 0 Å². The molecule has 0 saturated carbocycles. The molecule has 0 radical (unpaired) electrons. The Morgan fingerprint density at radius 3 is 2.31 bits per heavy atom. The number of nitrogens with two attached hydrogens (primary N) is 1. The fraction of sp³-hybridized carbons (Fsp3) is 0.273. The highest BCUT2D eigenvalue weighted by molar-refractivity contribution is 5.85. The van der Waals surface area contributed by atoms with Gasteiger partial charge < -0.3 is 5.73 Å². The van der Waals surface area contributed by atoms with Gasteiger partial charge in [-0.25, -0.2) is 0 Å². The van der Waals surface area contributed by atoms with Gasteiger partial charge in [0.1, 0.15) is 0 Å². The van der Waals surface area contributed by atoms with E-state index in [4.69, 9.17) is 5.73 Å². The third-order valence-electron chi connectivity index (χ3n) is 2.03. The van der Waals surface area contributed by atoms with Crippen LogP contribution in [0, 0.1) is 0 Å². The van der Waals surface area contributed by atoms with Gasteiger partial charge >= 0.3 is 0 Å². The van der Waals surface area contributed by atoms with Crippen LogP contribution in [0.1, 0.15) is 24.1 Å². The summed E-state index contributed by atoms with van der Waals surface area (Å²) in [5.41, 5.74) is 8.24. The monoisotopic (exact) mass is 197 g/mol. The molecular weight excluding hydrogens is 182 g/mol. The Bertz CT molecular complexity index is 253. The van der Waals surface area contributed by atoms with Crippen LogP contribution >= 0.6 is 12.4 Å². The van der Waals surface area contributed by atoms with Gasteiger partial charge in [0.25, 0.3) is 0 Å².